The highest BCUT2D eigenvalue weighted by molar-refractivity contribution is 6.11. The molecule has 0 unspecified atom stereocenters. The maximum absolute atomic E-state index is 9.00. The van der Waals surface area contributed by atoms with Crippen molar-refractivity contribution in [3.63, 3.8) is 0 Å². The van der Waals surface area contributed by atoms with Crippen LogP contribution in [0.25, 0.3) is 0 Å². The van der Waals surface area contributed by atoms with Gasteiger partial charge in [0.25, 0.3) is 0 Å². The molecule has 0 fully saturated rings. The van der Waals surface area contributed by atoms with Crippen molar-refractivity contribution >= 4 is 11.5 Å². The van der Waals surface area contributed by atoms with Crippen molar-refractivity contribution in [2.45, 2.75) is 6.61 Å². The van der Waals surface area contributed by atoms with Crippen molar-refractivity contribution < 1.29 is 4.84 Å². The van der Waals surface area contributed by atoms with Crippen molar-refractivity contribution in [2.75, 3.05) is 5.73 Å². The van der Waals surface area contributed by atoms with E-state index in [1.807, 2.05) is 6.07 Å². The number of nitrogen functional groups attached to an aromatic ring is 1. The van der Waals surface area contributed by atoms with Crippen LogP contribution in [0, 0.1) is 11.3 Å². The van der Waals surface area contributed by atoms with E-state index in [4.69, 9.17) is 15.8 Å². The largest absolute Gasteiger partial charge is 0.388 e. The van der Waals surface area contributed by atoms with Crippen LogP contribution >= 0.6 is 0 Å². The maximum Gasteiger partial charge on any atom is 0.188 e. The Bertz CT molecular complexity index is 618. The van der Waals surface area contributed by atoms with Crippen molar-refractivity contribution in [2.24, 2.45) is 5.16 Å². The number of nitriles is 1. The summed E-state index contributed by atoms with van der Waals surface area (Å²) in [5.74, 6) is 0.415. The van der Waals surface area contributed by atoms with Crippen LogP contribution in [0.5, 0.6) is 0 Å². The molecule has 0 radical (unpaired) electrons. The molecule has 0 aliphatic rings. The van der Waals surface area contributed by atoms with Gasteiger partial charge >= 0.3 is 0 Å². The number of nitrogens with two attached hydrogens (primary N) is 1. The zero-order valence-electron chi connectivity index (χ0n) is 10.0. The Labute approximate surface area is 110 Å². The molecule has 0 saturated heterocycles. The molecule has 6 nitrogen and oxygen atoms in total. The quantitative estimate of drug-likeness (QED) is 0.657. The number of hydrogen-bond acceptors (Lipinski definition) is 6. The number of pyridine rings is 2. The molecule has 19 heavy (non-hydrogen) atoms. The van der Waals surface area contributed by atoms with E-state index in [-0.39, 0.29) is 12.3 Å². The molecule has 6 heteroatoms. The summed E-state index contributed by atoms with van der Waals surface area (Å²) in [6, 6.07) is 10.6. The first-order valence-electron chi connectivity index (χ1n) is 5.51. The van der Waals surface area contributed by atoms with Gasteiger partial charge in [-0.25, -0.2) is 4.98 Å². The second-order valence-corrected chi connectivity index (χ2v) is 3.62. The fraction of sp³-hybridized carbons (Fsp3) is 0.0769. The van der Waals surface area contributed by atoms with Gasteiger partial charge in [-0.05, 0) is 24.3 Å². The highest BCUT2D eigenvalue weighted by atomic mass is 16.6. The minimum atomic E-state index is 0.149. The van der Waals surface area contributed by atoms with Crippen LogP contribution in [0.1, 0.15) is 11.3 Å². The van der Waals surface area contributed by atoms with E-state index in [2.05, 4.69) is 15.1 Å². The molecule has 0 amide bonds. The van der Waals surface area contributed by atoms with Gasteiger partial charge in [-0.15, -0.1) is 0 Å². The van der Waals surface area contributed by atoms with Gasteiger partial charge in [-0.2, -0.15) is 5.26 Å². The van der Waals surface area contributed by atoms with Gasteiger partial charge in [0.15, 0.2) is 12.3 Å². The van der Waals surface area contributed by atoms with Gasteiger partial charge in [-0.1, -0.05) is 11.2 Å². The normalized spacial score (nSPS) is 10.8. The lowest BCUT2D eigenvalue weighted by molar-refractivity contribution is 0.128. The van der Waals surface area contributed by atoms with Gasteiger partial charge in [-0.3, -0.25) is 4.98 Å². The monoisotopic (exact) mass is 253 g/mol. The summed E-state index contributed by atoms with van der Waals surface area (Å²) in [4.78, 5) is 13.1. The van der Waals surface area contributed by atoms with Crippen LogP contribution < -0.4 is 5.73 Å². The Hall–Kier alpha value is -2.94. The SMILES string of the molecule is N#CC(=NOCc1cccc(N)n1)c1cccnc1. The topological polar surface area (TPSA) is 97.2 Å². The van der Waals surface area contributed by atoms with Crippen LogP contribution in [-0.4, -0.2) is 15.7 Å². The Balaban J connectivity index is 2.04. The molecule has 0 atom stereocenters. The Morgan fingerprint density at radius 2 is 2.26 bits per heavy atom. The second-order valence-electron chi connectivity index (χ2n) is 3.62. The molecule has 0 aromatic carbocycles. The van der Waals surface area contributed by atoms with Crippen LogP contribution in [0.15, 0.2) is 47.9 Å². The number of nitrogens with zero attached hydrogens (tertiary/aromatic N) is 4. The van der Waals surface area contributed by atoms with E-state index in [1.54, 1.807) is 42.7 Å². The van der Waals surface area contributed by atoms with Gasteiger partial charge in [0.2, 0.25) is 0 Å². The summed E-state index contributed by atoms with van der Waals surface area (Å²) in [5.41, 5.74) is 6.96. The minimum Gasteiger partial charge on any atom is -0.388 e. The molecule has 0 aliphatic carbocycles. The van der Waals surface area contributed by atoms with E-state index in [0.29, 0.717) is 17.1 Å². The van der Waals surface area contributed by atoms with E-state index in [1.165, 1.54) is 0 Å². The fourth-order valence-corrected chi connectivity index (χ4v) is 1.38. The summed E-state index contributed by atoms with van der Waals surface area (Å²) < 4.78 is 0. The minimum absolute atomic E-state index is 0.149. The lowest BCUT2D eigenvalue weighted by atomic mass is 10.2. The van der Waals surface area contributed by atoms with E-state index in [9.17, 15) is 0 Å². The molecule has 2 aromatic heterocycles. The molecule has 2 N–H and O–H groups in total. The van der Waals surface area contributed by atoms with Crippen molar-refractivity contribution in [1.82, 2.24) is 9.97 Å². The van der Waals surface area contributed by atoms with E-state index >= 15 is 0 Å². The molecule has 2 heterocycles. The summed E-state index contributed by atoms with van der Waals surface area (Å²) in [6.45, 7) is 0.149. The van der Waals surface area contributed by atoms with Crippen LogP contribution in [0.4, 0.5) is 5.82 Å². The predicted molar refractivity (Wildman–Crippen MR) is 69.8 cm³/mol. The number of oxime groups is 1. The zero-order valence-corrected chi connectivity index (χ0v) is 10.0. The van der Waals surface area contributed by atoms with Gasteiger partial charge in [0.05, 0.1) is 5.69 Å². The average molecular weight is 253 g/mol. The average Bonchev–Trinajstić information content (AvgIpc) is 2.45. The van der Waals surface area contributed by atoms with E-state index in [0.717, 1.165) is 0 Å². The summed E-state index contributed by atoms with van der Waals surface area (Å²) in [7, 11) is 0. The highest BCUT2D eigenvalue weighted by Gasteiger charge is 2.03. The number of anilines is 1. The third-order valence-corrected chi connectivity index (χ3v) is 2.24. The Kier molecular flexibility index (Phi) is 4.03. The summed E-state index contributed by atoms with van der Waals surface area (Å²) >= 11 is 0. The van der Waals surface area contributed by atoms with Crippen molar-refractivity contribution in [3.8, 4) is 6.07 Å². The first-order valence-corrected chi connectivity index (χ1v) is 5.51. The smallest absolute Gasteiger partial charge is 0.188 e. The highest BCUT2D eigenvalue weighted by Crippen LogP contribution is 2.04. The van der Waals surface area contributed by atoms with Crippen LogP contribution in [-0.2, 0) is 11.4 Å². The predicted octanol–water partition coefficient (Wildman–Crippen LogP) is 1.50. The lowest BCUT2D eigenvalue weighted by Crippen LogP contribution is -2.01. The van der Waals surface area contributed by atoms with Crippen molar-refractivity contribution in [1.29, 1.82) is 5.26 Å². The third-order valence-electron chi connectivity index (χ3n) is 2.24. The molecule has 0 spiro atoms. The van der Waals surface area contributed by atoms with Gasteiger partial charge < -0.3 is 10.6 Å². The van der Waals surface area contributed by atoms with Crippen LogP contribution in [0.2, 0.25) is 0 Å². The van der Waals surface area contributed by atoms with Crippen LogP contribution in [0.3, 0.4) is 0 Å². The number of aromatic nitrogens is 2. The molecule has 2 rings (SSSR count). The Morgan fingerprint density at radius 3 is 2.95 bits per heavy atom. The van der Waals surface area contributed by atoms with Gasteiger partial charge in [0, 0.05) is 18.0 Å². The molecule has 94 valence electrons. The zero-order chi connectivity index (χ0) is 13.5. The van der Waals surface area contributed by atoms with Gasteiger partial charge in [0.1, 0.15) is 11.9 Å². The second kappa shape index (κ2) is 6.12. The molecule has 0 aliphatic heterocycles. The fourth-order valence-electron chi connectivity index (χ4n) is 1.38. The number of rotatable bonds is 4. The molecule has 0 saturated carbocycles. The standard InChI is InChI=1S/C13H11N5O/c14-7-12(10-3-2-6-16-8-10)18-19-9-11-4-1-5-13(15)17-11/h1-6,8H,9H2,(H2,15,17). The Morgan fingerprint density at radius 1 is 1.37 bits per heavy atom. The lowest BCUT2D eigenvalue weighted by Gasteiger charge is -2.01. The van der Waals surface area contributed by atoms with Crippen molar-refractivity contribution in [3.05, 3.63) is 54.0 Å². The molecule has 2 aromatic rings. The molecular formula is C13H11N5O. The molecular weight excluding hydrogens is 242 g/mol. The third kappa shape index (κ3) is 3.51. The summed E-state index contributed by atoms with van der Waals surface area (Å²) in [5, 5.41) is 12.8. The summed E-state index contributed by atoms with van der Waals surface area (Å²) in [6.07, 6.45) is 3.17. The van der Waals surface area contributed by atoms with E-state index < -0.39 is 0 Å². The number of hydrogen-bond donors (Lipinski definition) is 1. The maximum atomic E-state index is 9.00. The molecule has 0 bridgehead atoms. The first kappa shape index (κ1) is 12.5. The first-order chi connectivity index (χ1) is 9.29.